The van der Waals surface area contributed by atoms with Crippen LogP contribution in [0.4, 0.5) is 10.5 Å². The molecule has 2 aromatic rings. The van der Waals surface area contributed by atoms with Crippen LogP contribution in [-0.2, 0) is 17.9 Å². The highest BCUT2D eigenvalue weighted by Crippen LogP contribution is 2.24. The molecule has 2 amide bonds. The van der Waals surface area contributed by atoms with Crippen molar-refractivity contribution in [2.45, 2.75) is 38.8 Å². The van der Waals surface area contributed by atoms with E-state index >= 15 is 0 Å². The first-order valence-electron chi connectivity index (χ1n) is 9.08. The minimum Gasteiger partial charge on any atom is -0.341 e. The molecule has 0 spiro atoms. The fourth-order valence-electron chi connectivity index (χ4n) is 3.55. The summed E-state index contributed by atoms with van der Waals surface area (Å²) in [4.78, 5) is 41.1. The van der Waals surface area contributed by atoms with Crippen LogP contribution in [0.25, 0.3) is 0 Å². The van der Waals surface area contributed by atoms with Crippen LogP contribution < -0.4 is 10.6 Å². The first-order chi connectivity index (χ1) is 13.0. The molecule has 1 aromatic carbocycles. The Labute approximate surface area is 164 Å². The highest BCUT2D eigenvalue weighted by molar-refractivity contribution is 9.10. The highest BCUT2D eigenvalue weighted by atomic mass is 79.9. The zero-order valence-corrected chi connectivity index (χ0v) is 16.4. The Bertz CT molecular complexity index is 925. The molecule has 0 bridgehead atoms. The Morgan fingerprint density at radius 3 is 2.33 bits per heavy atom. The summed E-state index contributed by atoms with van der Waals surface area (Å²) in [5.41, 5.74) is 0.137. The number of anilines is 1. The van der Waals surface area contributed by atoms with Crippen molar-refractivity contribution in [2.75, 3.05) is 18.0 Å². The number of rotatable bonds is 3. The number of benzene rings is 1. The molecule has 0 radical (unpaired) electrons. The van der Waals surface area contributed by atoms with Gasteiger partial charge in [0.05, 0.1) is 6.54 Å². The van der Waals surface area contributed by atoms with Gasteiger partial charge in [0.1, 0.15) is 6.54 Å². The maximum absolute atomic E-state index is 12.7. The summed E-state index contributed by atoms with van der Waals surface area (Å²) in [6.07, 6.45) is 4.23. The minimum absolute atomic E-state index is 0.118. The Balaban J connectivity index is 1.52. The van der Waals surface area contributed by atoms with Gasteiger partial charge in [-0.25, -0.2) is 14.3 Å². The van der Waals surface area contributed by atoms with Crippen molar-refractivity contribution in [3.05, 3.63) is 45.0 Å². The zero-order valence-electron chi connectivity index (χ0n) is 14.8. The van der Waals surface area contributed by atoms with Crippen molar-refractivity contribution < 1.29 is 9.59 Å². The number of nitrogens with zero attached hydrogens (tertiary/aromatic N) is 5. The lowest BCUT2D eigenvalue weighted by Crippen LogP contribution is -2.39. The second-order valence-corrected chi connectivity index (χ2v) is 7.75. The number of fused-ring (bicyclic) bond motifs is 1. The molecule has 142 valence electrons. The molecule has 1 saturated heterocycles. The van der Waals surface area contributed by atoms with Gasteiger partial charge in [-0.1, -0.05) is 28.8 Å². The van der Waals surface area contributed by atoms with Crippen LogP contribution in [0.15, 0.2) is 33.5 Å². The summed E-state index contributed by atoms with van der Waals surface area (Å²) in [7, 11) is 0. The molecule has 3 heterocycles. The standard InChI is InChI=1S/C18H20BrN5O3/c19-13-5-7-14(8-6-13)22-11-15-20-23(18(27)24(15)17(22)26)12-16(25)21-9-3-1-2-4-10-21/h5-8H,1-4,9-12H2. The van der Waals surface area contributed by atoms with Crippen LogP contribution in [-0.4, -0.2) is 44.3 Å². The maximum atomic E-state index is 12.7. The van der Waals surface area contributed by atoms with E-state index in [0.29, 0.717) is 11.5 Å². The highest BCUT2D eigenvalue weighted by Gasteiger charge is 2.34. The molecule has 0 atom stereocenters. The van der Waals surface area contributed by atoms with Crippen molar-refractivity contribution in [2.24, 2.45) is 0 Å². The molecule has 0 aliphatic carbocycles. The number of halogens is 1. The Hall–Kier alpha value is -2.42. The van der Waals surface area contributed by atoms with Gasteiger partial charge >= 0.3 is 11.7 Å². The normalized spacial score (nSPS) is 17.1. The van der Waals surface area contributed by atoms with Gasteiger partial charge in [0.2, 0.25) is 5.91 Å². The summed E-state index contributed by atoms with van der Waals surface area (Å²) < 4.78 is 3.07. The van der Waals surface area contributed by atoms with Gasteiger partial charge in [0.25, 0.3) is 0 Å². The van der Waals surface area contributed by atoms with Crippen molar-refractivity contribution in [3.63, 3.8) is 0 Å². The summed E-state index contributed by atoms with van der Waals surface area (Å²) in [5.74, 6) is 0.240. The zero-order chi connectivity index (χ0) is 19.0. The summed E-state index contributed by atoms with van der Waals surface area (Å²) in [5, 5.41) is 4.24. The second-order valence-electron chi connectivity index (χ2n) is 6.83. The van der Waals surface area contributed by atoms with Gasteiger partial charge in [-0.2, -0.15) is 9.67 Å². The first-order valence-corrected chi connectivity index (χ1v) is 9.88. The average Bonchev–Trinajstić information content (AvgIpc) is 2.99. The Morgan fingerprint density at radius 1 is 1.04 bits per heavy atom. The van der Waals surface area contributed by atoms with E-state index in [4.69, 9.17) is 0 Å². The van der Waals surface area contributed by atoms with E-state index in [0.717, 1.165) is 52.5 Å². The largest absolute Gasteiger partial charge is 0.354 e. The van der Waals surface area contributed by atoms with Crippen molar-refractivity contribution in [3.8, 4) is 0 Å². The number of carbonyl (C=O) groups is 2. The maximum Gasteiger partial charge on any atom is 0.354 e. The third-order valence-electron chi connectivity index (χ3n) is 5.01. The van der Waals surface area contributed by atoms with E-state index in [9.17, 15) is 14.4 Å². The first kappa shape index (κ1) is 18.0. The average molecular weight is 434 g/mol. The van der Waals surface area contributed by atoms with Gasteiger partial charge in [-0.05, 0) is 37.1 Å². The van der Waals surface area contributed by atoms with E-state index < -0.39 is 11.7 Å². The smallest absolute Gasteiger partial charge is 0.341 e. The molecule has 1 aromatic heterocycles. The fraction of sp³-hybridized carbons (Fsp3) is 0.444. The third kappa shape index (κ3) is 3.43. The van der Waals surface area contributed by atoms with E-state index in [1.807, 2.05) is 12.1 Å². The summed E-state index contributed by atoms with van der Waals surface area (Å²) in [6, 6.07) is 6.83. The predicted molar refractivity (Wildman–Crippen MR) is 103 cm³/mol. The van der Waals surface area contributed by atoms with Crippen LogP contribution in [0.2, 0.25) is 0 Å². The van der Waals surface area contributed by atoms with Gasteiger partial charge in [-0.3, -0.25) is 9.69 Å². The minimum atomic E-state index is -0.558. The van der Waals surface area contributed by atoms with E-state index in [-0.39, 0.29) is 19.0 Å². The molecule has 1 fully saturated rings. The van der Waals surface area contributed by atoms with Crippen molar-refractivity contribution >= 4 is 33.6 Å². The van der Waals surface area contributed by atoms with Gasteiger partial charge in [0.15, 0.2) is 5.82 Å². The molecule has 0 unspecified atom stereocenters. The van der Waals surface area contributed by atoms with Gasteiger partial charge < -0.3 is 4.90 Å². The quantitative estimate of drug-likeness (QED) is 0.742. The lowest BCUT2D eigenvalue weighted by molar-refractivity contribution is -0.132. The van der Waals surface area contributed by atoms with Crippen LogP contribution in [0, 0.1) is 0 Å². The molecule has 9 heteroatoms. The van der Waals surface area contributed by atoms with E-state index in [2.05, 4.69) is 21.0 Å². The molecule has 0 N–H and O–H groups in total. The molecule has 4 rings (SSSR count). The molecule has 8 nitrogen and oxygen atoms in total. The number of aromatic nitrogens is 3. The monoisotopic (exact) mass is 433 g/mol. The van der Waals surface area contributed by atoms with E-state index in [1.54, 1.807) is 17.0 Å². The number of hydrogen-bond donors (Lipinski definition) is 0. The lowest BCUT2D eigenvalue weighted by Gasteiger charge is -2.20. The topological polar surface area (TPSA) is 80.4 Å². The molecule has 2 aliphatic heterocycles. The Kier molecular flexibility index (Phi) is 4.86. The SMILES string of the molecule is O=C(Cn1nc2n(c1=O)C(=O)N(c1ccc(Br)cc1)C2)N1CCCCCC1. The Morgan fingerprint density at radius 2 is 1.70 bits per heavy atom. The predicted octanol–water partition coefficient (Wildman–Crippen LogP) is 2.20. The molecule has 0 saturated carbocycles. The number of likely N-dealkylation sites (tertiary alicyclic amines) is 1. The van der Waals surface area contributed by atoms with Crippen LogP contribution in [0.1, 0.15) is 31.5 Å². The third-order valence-corrected chi connectivity index (χ3v) is 5.54. The van der Waals surface area contributed by atoms with Gasteiger partial charge in [-0.15, -0.1) is 0 Å². The second kappa shape index (κ2) is 7.30. The molecular formula is C18H20BrN5O3. The number of carbonyl (C=O) groups excluding carboxylic acids is 2. The van der Waals surface area contributed by atoms with Crippen molar-refractivity contribution in [1.82, 2.24) is 19.2 Å². The van der Waals surface area contributed by atoms with Crippen LogP contribution in [0.5, 0.6) is 0 Å². The summed E-state index contributed by atoms with van der Waals surface area (Å²) >= 11 is 3.36. The van der Waals surface area contributed by atoms with Crippen LogP contribution >= 0.6 is 15.9 Å². The summed E-state index contributed by atoms with van der Waals surface area (Å²) in [6.45, 7) is 1.53. The molecule has 2 aliphatic rings. The van der Waals surface area contributed by atoms with Gasteiger partial charge in [0, 0.05) is 23.2 Å². The van der Waals surface area contributed by atoms with Crippen molar-refractivity contribution in [1.29, 1.82) is 0 Å². The number of hydrogen-bond acceptors (Lipinski definition) is 4. The number of amides is 2. The molecular weight excluding hydrogens is 414 g/mol. The lowest BCUT2D eigenvalue weighted by atomic mass is 10.2. The van der Waals surface area contributed by atoms with E-state index in [1.165, 1.54) is 4.90 Å². The van der Waals surface area contributed by atoms with Crippen LogP contribution in [0.3, 0.4) is 0 Å². The fourth-order valence-corrected chi connectivity index (χ4v) is 3.82. The molecule has 27 heavy (non-hydrogen) atoms.